The van der Waals surface area contributed by atoms with Crippen LogP contribution < -0.4 is 0 Å². The monoisotopic (exact) mass is 235 g/mol. The van der Waals surface area contributed by atoms with E-state index >= 15 is 0 Å². The van der Waals surface area contributed by atoms with Gasteiger partial charge in [-0.05, 0) is 12.8 Å². The van der Waals surface area contributed by atoms with Gasteiger partial charge in [-0.2, -0.15) is 20.4 Å². The Morgan fingerprint density at radius 2 is 2.24 bits per heavy atom. The smallest absolute Gasteiger partial charge is 0.232 e. The highest BCUT2D eigenvalue weighted by Gasteiger charge is 2.29. The number of rotatable bonds is 2. The number of aromatic nitrogens is 5. The second-order valence-electron chi connectivity index (χ2n) is 4.27. The molecule has 0 amide bonds. The van der Waals surface area contributed by atoms with E-state index in [-0.39, 0.29) is 12.0 Å². The quantitative estimate of drug-likeness (QED) is 0.801. The molecule has 2 atom stereocenters. The Labute approximate surface area is 97.2 Å². The summed E-state index contributed by atoms with van der Waals surface area (Å²) >= 11 is 0. The Balaban J connectivity index is 1.84. The molecule has 0 bridgehead atoms. The van der Waals surface area contributed by atoms with Crippen LogP contribution in [0.1, 0.15) is 37.5 Å². The first-order valence-electron chi connectivity index (χ1n) is 5.72. The zero-order valence-corrected chi connectivity index (χ0v) is 9.20. The number of nitrogens with zero attached hydrogens (tertiary/aromatic N) is 4. The van der Waals surface area contributed by atoms with Crippen molar-refractivity contribution in [1.29, 1.82) is 0 Å². The average Bonchev–Trinajstić information content (AvgIpc) is 3.00. The van der Waals surface area contributed by atoms with Crippen molar-refractivity contribution in [3.63, 3.8) is 0 Å². The first-order valence-corrected chi connectivity index (χ1v) is 5.72. The van der Waals surface area contributed by atoms with Crippen molar-refractivity contribution in [3.05, 3.63) is 12.1 Å². The van der Waals surface area contributed by atoms with Crippen molar-refractivity contribution in [3.8, 4) is 11.5 Å². The van der Waals surface area contributed by atoms with Crippen LogP contribution in [0.3, 0.4) is 0 Å². The molecule has 3 rings (SSSR count). The second-order valence-corrected chi connectivity index (χ2v) is 4.27. The molecule has 0 aliphatic heterocycles. The van der Waals surface area contributed by atoms with Crippen LogP contribution in [0, 0.1) is 0 Å². The van der Waals surface area contributed by atoms with E-state index in [1.165, 1.54) is 6.20 Å². The van der Waals surface area contributed by atoms with Gasteiger partial charge in [-0.1, -0.05) is 18.0 Å². The van der Waals surface area contributed by atoms with E-state index in [4.69, 9.17) is 4.52 Å². The van der Waals surface area contributed by atoms with Gasteiger partial charge in [0.15, 0.2) is 5.69 Å². The number of aliphatic hydroxyl groups excluding tert-OH is 1. The van der Waals surface area contributed by atoms with Gasteiger partial charge in [0, 0.05) is 0 Å². The highest BCUT2D eigenvalue weighted by molar-refractivity contribution is 5.44. The van der Waals surface area contributed by atoms with E-state index in [0.717, 1.165) is 25.7 Å². The Bertz CT molecular complexity index is 481. The summed E-state index contributed by atoms with van der Waals surface area (Å²) in [6.07, 6.45) is 4.99. The first kappa shape index (κ1) is 10.4. The first-order chi connectivity index (χ1) is 8.34. The third-order valence-electron chi connectivity index (χ3n) is 3.13. The molecule has 7 heteroatoms. The topological polar surface area (TPSA) is 101 Å². The Morgan fingerprint density at radius 3 is 3.00 bits per heavy atom. The summed E-state index contributed by atoms with van der Waals surface area (Å²) in [7, 11) is 0. The predicted molar refractivity (Wildman–Crippen MR) is 56.9 cm³/mol. The van der Waals surface area contributed by atoms with Gasteiger partial charge in [-0.3, -0.25) is 0 Å². The van der Waals surface area contributed by atoms with Crippen molar-refractivity contribution in [2.24, 2.45) is 0 Å². The summed E-state index contributed by atoms with van der Waals surface area (Å²) in [5.74, 6) is 0.860. The van der Waals surface area contributed by atoms with Crippen LogP contribution in [0.2, 0.25) is 0 Å². The Kier molecular flexibility index (Phi) is 2.60. The summed E-state index contributed by atoms with van der Waals surface area (Å²) in [5.41, 5.74) is 0.547. The minimum Gasteiger partial charge on any atom is -0.392 e. The molecular formula is C10H13N5O2. The summed E-state index contributed by atoms with van der Waals surface area (Å²) in [6.45, 7) is 0. The van der Waals surface area contributed by atoms with Gasteiger partial charge in [0.2, 0.25) is 11.7 Å². The average molecular weight is 235 g/mol. The van der Waals surface area contributed by atoms with E-state index in [0.29, 0.717) is 17.4 Å². The summed E-state index contributed by atoms with van der Waals surface area (Å²) < 4.78 is 5.20. The number of nitrogens with one attached hydrogen (secondary N) is 1. The molecule has 1 aliphatic rings. The number of aliphatic hydroxyl groups is 1. The van der Waals surface area contributed by atoms with E-state index in [2.05, 4.69) is 25.6 Å². The van der Waals surface area contributed by atoms with Gasteiger partial charge in [-0.25, -0.2) is 0 Å². The van der Waals surface area contributed by atoms with E-state index < -0.39 is 0 Å². The maximum atomic E-state index is 9.90. The van der Waals surface area contributed by atoms with Crippen LogP contribution in [0.5, 0.6) is 0 Å². The molecule has 2 N–H and O–H groups in total. The molecule has 17 heavy (non-hydrogen) atoms. The van der Waals surface area contributed by atoms with Crippen LogP contribution in [-0.2, 0) is 0 Å². The highest BCUT2D eigenvalue weighted by Crippen LogP contribution is 2.32. The fourth-order valence-electron chi connectivity index (χ4n) is 2.20. The van der Waals surface area contributed by atoms with Crippen LogP contribution >= 0.6 is 0 Å². The molecule has 1 aliphatic carbocycles. The molecule has 2 aromatic heterocycles. The fraction of sp³-hybridized carbons (Fsp3) is 0.600. The molecule has 1 saturated carbocycles. The number of H-pyrrole nitrogens is 1. The van der Waals surface area contributed by atoms with Crippen molar-refractivity contribution >= 4 is 0 Å². The number of hydrogen-bond donors (Lipinski definition) is 2. The summed E-state index contributed by atoms with van der Waals surface area (Å²) in [5, 5.41) is 23.8. The normalized spacial score (nSPS) is 25.0. The van der Waals surface area contributed by atoms with Crippen LogP contribution in [0.15, 0.2) is 10.7 Å². The van der Waals surface area contributed by atoms with Gasteiger partial charge in [0.1, 0.15) is 0 Å². The van der Waals surface area contributed by atoms with Crippen LogP contribution in [0.25, 0.3) is 11.5 Å². The van der Waals surface area contributed by atoms with E-state index in [1.54, 1.807) is 0 Å². The molecule has 7 nitrogen and oxygen atoms in total. The maximum absolute atomic E-state index is 9.90. The van der Waals surface area contributed by atoms with Gasteiger partial charge in [0.05, 0.1) is 18.2 Å². The lowest BCUT2D eigenvalue weighted by molar-refractivity contribution is 0.0908. The van der Waals surface area contributed by atoms with Crippen molar-refractivity contribution < 1.29 is 9.63 Å². The molecule has 2 heterocycles. The van der Waals surface area contributed by atoms with Crippen molar-refractivity contribution in [2.45, 2.75) is 37.7 Å². The minimum absolute atomic E-state index is 0.0445. The zero-order chi connectivity index (χ0) is 11.7. The van der Waals surface area contributed by atoms with Gasteiger partial charge in [-0.15, -0.1) is 0 Å². The molecule has 2 aromatic rings. The van der Waals surface area contributed by atoms with Gasteiger partial charge >= 0.3 is 0 Å². The molecular weight excluding hydrogens is 222 g/mol. The number of aromatic amines is 1. The Hall–Kier alpha value is -1.76. The third kappa shape index (κ3) is 1.93. The van der Waals surface area contributed by atoms with Crippen LogP contribution in [0.4, 0.5) is 0 Å². The van der Waals surface area contributed by atoms with Gasteiger partial charge in [0.25, 0.3) is 0 Å². The molecule has 1 fully saturated rings. The molecule has 0 aromatic carbocycles. The predicted octanol–water partition coefficient (Wildman–Crippen LogP) is 0.873. The standard InChI is InChI=1S/C10H13N5O2/c16-8-4-2-1-3-6(8)10-12-9(14-17-10)7-5-11-15-13-7/h5-6,8,16H,1-4H2,(H,11,13,15). The Morgan fingerprint density at radius 1 is 1.35 bits per heavy atom. The largest absolute Gasteiger partial charge is 0.392 e. The highest BCUT2D eigenvalue weighted by atomic mass is 16.5. The lowest BCUT2D eigenvalue weighted by Crippen LogP contribution is -2.22. The molecule has 0 spiro atoms. The third-order valence-corrected chi connectivity index (χ3v) is 3.13. The maximum Gasteiger partial charge on any atom is 0.232 e. The molecule has 0 saturated heterocycles. The second kappa shape index (κ2) is 4.25. The number of hydrogen-bond acceptors (Lipinski definition) is 6. The van der Waals surface area contributed by atoms with Crippen molar-refractivity contribution in [2.75, 3.05) is 0 Å². The zero-order valence-electron chi connectivity index (χ0n) is 9.20. The van der Waals surface area contributed by atoms with E-state index in [1.807, 2.05) is 0 Å². The fourth-order valence-corrected chi connectivity index (χ4v) is 2.20. The molecule has 2 unspecified atom stereocenters. The lowest BCUT2D eigenvalue weighted by Gasteiger charge is -2.23. The van der Waals surface area contributed by atoms with Gasteiger partial charge < -0.3 is 9.63 Å². The van der Waals surface area contributed by atoms with E-state index in [9.17, 15) is 5.11 Å². The minimum atomic E-state index is -0.380. The summed E-state index contributed by atoms with van der Waals surface area (Å²) in [4.78, 5) is 4.27. The summed E-state index contributed by atoms with van der Waals surface area (Å²) in [6, 6.07) is 0. The molecule has 0 radical (unpaired) electrons. The SMILES string of the molecule is OC1CCCCC1c1nc(-c2cn[nH]n2)no1. The van der Waals surface area contributed by atoms with Crippen molar-refractivity contribution in [1.82, 2.24) is 25.6 Å². The lowest BCUT2D eigenvalue weighted by atomic mass is 9.86. The van der Waals surface area contributed by atoms with Crippen LogP contribution in [-0.4, -0.2) is 36.8 Å². The molecule has 90 valence electrons.